The highest BCUT2D eigenvalue weighted by molar-refractivity contribution is 6.04. The summed E-state index contributed by atoms with van der Waals surface area (Å²) in [5.74, 6) is -0.538. The smallest absolute Gasteiger partial charge is 0.319 e. The summed E-state index contributed by atoms with van der Waals surface area (Å²) >= 11 is 0. The van der Waals surface area contributed by atoms with Crippen molar-refractivity contribution in [2.75, 3.05) is 19.0 Å². The van der Waals surface area contributed by atoms with Gasteiger partial charge >= 0.3 is 5.97 Å². The lowest BCUT2D eigenvalue weighted by Crippen LogP contribution is -2.30. The van der Waals surface area contributed by atoms with E-state index >= 15 is 0 Å². The lowest BCUT2D eigenvalue weighted by molar-refractivity contribution is -0.139. The molecule has 0 aromatic heterocycles. The van der Waals surface area contributed by atoms with Gasteiger partial charge in [-0.1, -0.05) is 66.2 Å². The van der Waals surface area contributed by atoms with Crippen LogP contribution in [0.4, 0.5) is 5.69 Å². The zero-order valence-electron chi connectivity index (χ0n) is 16.5. The molecule has 0 saturated carbocycles. The second kappa shape index (κ2) is 9.66. The van der Waals surface area contributed by atoms with E-state index in [0.717, 1.165) is 16.7 Å². The molecule has 1 atom stereocenters. The second-order valence-electron chi connectivity index (χ2n) is 6.71. The van der Waals surface area contributed by atoms with Crippen LogP contribution in [0.15, 0.2) is 78.9 Å². The van der Waals surface area contributed by atoms with Crippen molar-refractivity contribution >= 4 is 17.6 Å². The Bertz CT molecular complexity index is 972. The molecule has 3 aromatic carbocycles. The second-order valence-corrected chi connectivity index (χ2v) is 6.71. The number of nitrogens with one attached hydrogen (secondary N) is 2. The number of hydrogen-bond donors (Lipinski definition) is 2. The normalized spacial score (nSPS) is 11.5. The lowest BCUT2D eigenvalue weighted by atomic mass is 9.95. The Balaban J connectivity index is 1.97. The molecule has 0 unspecified atom stereocenters. The lowest BCUT2D eigenvalue weighted by Gasteiger charge is -2.23. The molecular weight excluding hydrogens is 364 g/mol. The van der Waals surface area contributed by atoms with Crippen molar-refractivity contribution in [3.05, 3.63) is 101 Å². The summed E-state index contributed by atoms with van der Waals surface area (Å²) in [5.41, 5.74) is 4.19. The largest absolute Gasteiger partial charge is 0.468 e. The molecule has 148 valence electrons. The predicted molar refractivity (Wildman–Crippen MR) is 114 cm³/mol. The minimum absolute atomic E-state index is 0.0517. The van der Waals surface area contributed by atoms with Crippen LogP contribution in [0.1, 0.15) is 33.1 Å². The van der Waals surface area contributed by atoms with Gasteiger partial charge in [-0.3, -0.25) is 14.9 Å². The van der Waals surface area contributed by atoms with Crippen LogP contribution in [-0.2, 0) is 9.53 Å². The fraction of sp³-hybridized carbons (Fsp3) is 0.167. The number of anilines is 1. The monoisotopic (exact) mass is 388 g/mol. The van der Waals surface area contributed by atoms with Crippen LogP contribution < -0.4 is 10.6 Å². The number of aryl methyl sites for hydroxylation is 1. The van der Waals surface area contributed by atoms with Gasteiger partial charge in [-0.15, -0.1) is 0 Å². The number of carbonyl (C=O) groups is 2. The van der Waals surface area contributed by atoms with E-state index in [0.29, 0.717) is 11.3 Å². The molecular formula is C24H24N2O3. The summed E-state index contributed by atoms with van der Waals surface area (Å²) in [6, 6.07) is 24.4. The Morgan fingerprint density at radius 3 is 2.24 bits per heavy atom. The fourth-order valence-electron chi connectivity index (χ4n) is 3.13. The van der Waals surface area contributed by atoms with E-state index in [1.807, 2.05) is 73.7 Å². The van der Waals surface area contributed by atoms with Gasteiger partial charge in [0.05, 0.1) is 19.7 Å². The maximum absolute atomic E-state index is 12.7. The van der Waals surface area contributed by atoms with Gasteiger partial charge in [0.1, 0.15) is 0 Å². The molecule has 0 heterocycles. The average molecular weight is 388 g/mol. The molecule has 0 radical (unpaired) electrons. The summed E-state index contributed by atoms with van der Waals surface area (Å²) < 4.78 is 4.78. The number of benzene rings is 3. The van der Waals surface area contributed by atoms with Gasteiger partial charge < -0.3 is 10.1 Å². The molecule has 0 bridgehead atoms. The first-order valence-electron chi connectivity index (χ1n) is 9.40. The molecule has 3 rings (SSSR count). The Labute approximate surface area is 170 Å². The quantitative estimate of drug-likeness (QED) is 0.598. The van der Waals surface area contributed by atoms with Crippen LogP contribution in [-0.4, -0.2) is 25.5 Å². The van der Waals surface area contributed by atoms with E-state index in [1.54, 1.807) is 12.1 Å². The van der Waals surface area contributed by atoms with Gasteiger partial charge in [0, 0.05) is 11.3 Å². The standard InChI is InChI=1S/C24H24N2O3/c1-17-13-14-21(26-24(28)19-11-7-4-8-12-19)20(15-17)23(25-16-22(27)29-2)18-9-5-3-6-10-18/h3-15,23,25H,16H2,1-2H3,(H,26,28)/t23-/m0/s1. The van der Waals surface area contributed by atoms with Crippen LogP contribution in [0.25, 0.3) is 0 Å². The van der Waals surface area contributed by atoms with Crippen molar-refractivity contribution in [3.63, 3.8) is 0 Å². The molecule has 1 amide bonds. The van der Waals surface area contributed by atoms with E-state index in [-0.39, 0.29) is 24.5 Å². The van der Waals surface area contributed by atoms with Crippen molar-refractivity contribution in [2.45, 2.75) is 13.0 Å². The highest BCUT2D eigenvalue weighted by Gasteiger charge is 2.20. The Morgan fingerprint density at radius 2 is 1.59 bits per heavy atom. The minimum atomic E-state index is -0.353. The van der Waals surface area contributed by atoms with Crippen molar-refractivity contribution in [1.82, 2.24) is 5.32 Å². The zero-order valence-corrected chi connectivity index (χ0v) is 16.5. The highest BCUT2D eigenvalue weighted by atomic mass is 16.5. The first kappa shape index (κ1) is 20.3. The topological polar surface area (TPSA) is 67.4 Å². The summed E-state index contributed by atoms with van der Waals surface area (Å²) in [5, 5.41) is 6.27. The molecule has 0 aliphatic carbocycles. The van der Waals surface area contributed by atoms with E-state index in [2.05, 4.69) is 10.6 Å². The van der Waals surface area contributed by atoms with Crippen LogP contribution in [0.5, 0.6) is 0 Å². The van der Waals surface area contributed by atoms with Crippen LogP contribution in [0, 0.1) is 6.92 Å². The maximum atomic E-state index is 12.7. The third kappa shape index (κ3) is 5.30. The number of rotatable bonds is 7. The van der Waals surface area contributed by atoms with Gasteiger partial charge in [-0.2, -0.15) is 0 Å². The number of amides is 1. The molecule has 2 N–H and O–H groups in total. The fourth-order valence-corrected chi connectivity index (χ4v) is 3.13. The van der Waals surface area contributed by atoms with Crippen LogP contribution in [0.2, 0.25) is 0 Å². The molecule has 0 aliphatic rings. The Kier molecular flexibility index (Phi) is 6.76. The average Bonchev–Trinajstić information content (AvgIpc) is 2.76. The number of carbonyl (C=O) groups excluding carboxylic acids is 2. The molecule has 0 fully saturated rings. The summed E-state index contributed by atoms with van der Waals surface area (Å²) in [4.78, 5) is 24.5. The van der Waals surface area contributed by atoms with E-state index in [1.165, 1.54) is 7.11 Å². The molecule has 0 spiro atoms. The van der Waals surface area contributed by atoms with Gasteiger partial charge in [-0.05, 0) is 36.2 Å². The zero-order chi connectivity index (χ0) is 20.6. The van der Waals surface area contributed by atoms with Crippen molar-refractivity contribution < 1.29 is 14.3 Å². The number of methoxy groups -OCH3 is 1. The van der Waals surface area contributed by atoms with E-state index < -0.39 is 0 Å². The first-order chi connectivity index (χ1) is 14.1. The summed E-state index contributed by atoms with van der Waals surface area (Å²) in [6.07, 6.45) is 0. The van der Waals surface area contributed by atoms with Crippen LogP contribution in [0.3, 0.4) is 0 Å². The number of esters is 1. The highest BCUT2D eigenvalue weighted by Crippen LogP contribution is 2.30. The number of ether oxygens (including phenoxy) is 1. The Morgan fingerprint density at radius 1 is 0.931 bits per heavy atom. The van der Waals surface area contributed by atoms with Crippen LogP contribution >= 0.6 is 0 Å². The molecule has 5 heteroatoms. The van der Waals surface area contributed by atoms with Gasteiger partial charge in [-0.25, -0.2) is 0 Å². The van der Waals surface area contributed by atoms with Crippen molar-refractivity contribution in [1.29, 1.82) is 0 Å². The maximum Gasteiger partial charge on any atom is 0.319 e. The molecule has 29 heavy (non-hydrogen) atoms. The summed E-state index contributed by atoms with van der Waals surface area (Å²) in [7, 11) is 1.36. The molecule has 5 nitrogen and oxygen atoms in total. The van der Waals surface area contributed by atoms with Gasteiger partial charge in [0.2, 0.25) is 0 Å². The SMILES string of the molecule is COC(=O)CN[C@@H](c1ccccc1)c1cc(C)ccc1NC(=O)c1ccccc1. The van der Waals surface area contributed by atoms with Crippen molar-refractivity contribution in [3.8, 4) is 0 Å². The minimum Gasteiger partial charge on any atom is -0.468 e. The first-order valence-corrected chi connectivity index (χ1v) is 9.40. The van der Waals surface area contributed by atoms with E-state index in [9.17, 15) is 9.59 Å². The van der Waals surface area contributed by atoms with E-state index in [4.69, 9.17) is 4.74 Å². The predicted octanol–water partition coefficient (Wildman–Crippen LogP) is 4.10. The van der Waals surface area contributed by atoms with Gasteiger partial charge in [0.25, 0.3) is 5.91 Å². The van der Waals surface area contributed by atoms with Crippen molar-refractivity contribution in [2.24, 2.45) is 0 Å². The molecule has 0 saturated heterocycles. The third-order valence-electron chi connectivity index (χ3n) is 4.61. The molecule has 0 aliphatic heterocycles. The van der Waals surface area contributed by atoms with Gasteiger partial charge in [0.15, 0.2) is 0 Å². The third-order valence-corrected chi connectivity index (χ3v) is 4.61. The molecule has 3 aromatic rings. The Hall–Kier alpha value is -3.44. The number of hydrogen-bond acceptors (Lipinski definition) is 4. The summed E-state index contributed by atoms with van der Waals surface area (Å²) in [6.45, 7) is 2.05.